The van der Waals surface area contributed by atoms with Crippen LogP contribution >= 0.6 is 39.9 Å². The van der Waals surface area contributed by atoms with Crippen molar-refractivity contribution >= 4 is 67.3 Å². The first-order valence-corrected chi connectivity index (χ1v) is 11.5. The predicted octanol–water partition coefficient (Wildman–Crippen LogP) is 4.35. The van der Waals surface area contributed by atoms with E-state index in [1.54, 1.807) is 9.80 Å². The van der Waals surface area contributed by atoms with Crippen LogP contribution in [0, 0.1) is 0 Å². The molecule has 1 atom stereocenters. The van der Waals surface area contributed by atoms with Crippen molar-refractivity contribution in [3.8, 4) is 0 Å². The Hall–Kier alpha value is -1.22. The number of rotatable bonds is 5. The lowest BCUT2D eigenvalue weighted by molar-refractivity contribution is -0.123. The standard InChI is InChI=1S/C20H21BrN2O3S2/c1-2-3-8-22-15-7-6-12(21)10-14(15)16(18(22)24)17-19(25)23(20(27)28-17)11-13-5-4-9-26-13/h6-7,10,13H,2-5,8-9,11H2,1H3/b17-16-. The first kappa shape index (κ1) is 20.1. The number of carbonyl (C=O) groups excluding carboxylic acids is 2. The van der Waals surface area contributed by atoms with E-state index < -0.39 is 0 Å². The maximum atomic E-state index is 13.3. The Labute approximate surface area is 182 Å². The van der Waals surface area contributed by atoms with E-state index in [-0.39, 0.29) is 17.9 Å². The molecule has 3 aliphatic heterocycles. The van der Waals surface area contributed by atoms with Crippen molar-refractivity contribution in [1.82, 2.24) is 4.90 Å². The normalized spacial score (nSPS) is 24.6. The Morgan fingerprint density at radius 2 is 2.11 bits per heavy atom. The van der Waals surface area contributed by atoms with Gasteiger partial charge in [0.2, 0.25) is 0 Å². The lowest BCUT2D eigenvalue weighted by Gasteiger charge is -2.18. The summed E-state index contributed by atoms with van der Waals surface area (Å²) >= 11 is 10.2. The molecule has 0 spiro atoms. The van der Waals surface area contributed by atoms with Crippen LogP contribution in [0.5, 0.6) is 0 Å². The number of carbonyl (C=O) groups is 2. The van der Waals surface area contributed by atoms with Crippen molar-refractivity contribution in [3.05, 3.63) is 33.1 Å². The Morgan fingerprint density at radius 3 is 2.82 bits per heavy atom. The summed E-state index contributed by atoms with van der Waals surface area (Å²) in [5.41, 5.74) is 2.13. The molecule has 28 heavy (non-hydrogen) atoms. The second kappa shape index (κ2) is 8.26. The number of unbranched alkanes of at least 4 members (excludes halogenated alkanes) is 1. The van der Waals surface area contributed by atoms with Gasteiger partial charge in [0.1, 0.15) is 4.32 Å². The molecule has 2 fully saturated rings. The van der Waals surface area contributed by atoms with Gasteiger partial charge in [-0.25, -0.2) is 0 Å². The number of thiocarbonyl (C=S) groups is 1. The first-order valence-electron chi connectivity index (χ1n) is 9.52. The lowest BCUT2D eigenvalue weighted by Crippen LogP contribution is -2.35. The predicted molar refractivity (Wildman–Crippen MR) is 119 cm³/mol. The molecule has 0 radical (unpaired) electrons. The zero-order chi connectivity index (χ0) is 19.8. The van der Waals surface area contributed by atoms with Crippen LogP contribution in [0.4, 0.5) is 5.69 Å². The Bertz CT molecular complexity index is 880. The monoisotopic (exact) mass is 480 g/mol. The number of anilines is 1. The molecule has 0 aliphatic carbocycles. The quantitative estimate of drug-likeness (QED) is 0.463. The topological polar surface area (TPSA) is 49.9 Å². The number of hydrogen-bond acceptors (Lipinski definition) is 5. The molecule has 4 rings (SSSR count). The maximum absolute atomic E-state index is 13.3. The maximum Gasteiger partial charge on any atom is 0.267 e. The largest absolute Gasteiger partial charge is 0.376 e. The fourth-order valence-electron chi connectivity index (χ4n) is 3.76. The van der Waals surface area contributed by atoms with Crippen molar-refractivity contribution in [2.45, 2.75) is 38.7 Å². The van der Waals surface area contributed by atoms with Gasteiger partial charge in [-0.05, 0) is 37.5 Å². The molecule has 3 aliphatic rings. The second-order valence-electron chi connectivity index (χ2n) is 7.09. The first-order chi connectivity index (χ1) is 13.5. The van der Waals surface area contributed by atoms with E-state index in [4.69, 9.17) is 17.0 Å². The average Bonchev–Trinajstić information content (AvgIpc) is 3.34. The molecular weight excluding hydrogens is 460 g/mol. The van der Waals surface area contributed by atoms with Crippen molar-refractivity contribution < 1.29 is 14.3 Å². The van der Waals surface area contributed by atoms with Gasteiger partial charge >= 0.3 is 0 Å². The molecule has 0 saturated carbocycles. The summed E-state index contributed by atoms with van der Waals surface area (Å²) in [6.45, 7) is 3.93. The van der Waals surface area contributed by atoms with Crippen LogP contribution in [-0.2, 0) is 14.3 Å². The molecule has 0 N–H and O–H groups in total. The van der Waals surface area contributed by atoms with Crippen LogP contribution in [0.2, 0.25) is 0 Å². The fourth-order valence-corrected chi connectivity index (χ4v) is 5.47. The van der Waals surface area contributed by atoms with E-state index in [0.29, 0.717) is 27.9 Å². The minimum absolute atomic E-state index is 0.0219. The summed E-state index contributed by atoms with van der Waals surface area (Å²) in [4.78, 5) is 30.3. The summed E-state index contributed by atoms with van der Waals surface area (Å²) < 4.78 is 7.04. The van der Waals surface area contributed by atoms with Crippen LogP contribution in [0.25, 0.3) is 5.57 Å². The summed E-state index contributed by atoms with van der Waals surface area (Å²) in [5.74, 6) is -0.295. The number of ether oxygens (including phenoxy) is 1. The van der Waals surface area contributed by atoms with Gasteiger partial charge in [-0.1, -0.05) is 53.3 Å². The number of halogens is 1. The molecule has 0 bridgehead atoms. The zero-order valence-corrected chi connectivity index (χ0v) is 18.8. The number of benzene rings is 1. The fraction of sp³-hybridized carbons (Fsp3) is 0.450. The third-order valence-corrected chi connectivity index (χ3v) is 7.14. The zero-order valence-electron chi connectivity index (χ0n) is 15.6. The van der Waals surface area contributed by atoms with Gasteiger partial charge in [-0.15, -0.1) is 0 Å². The summed E-state index contributed by atoms with van der Waals surface area (Å²) in [5, 5.41) is 0. The number of thioether (sulfide) groups is 1. The highest BCUT2D eigenvalue weighted by Crippen LogP contribution is 2.45. The van der Waals surface area contributed by atoms with Gasteiger partial charge in [-0.2, -0.15) is 0 Å². The minimum atomic E-state index is -0.183. The van der Waals surface area contributed by atoms with Gasteiger partial charge in [0.05, 0.1) is 28.8 Å². The summed E-state index contributed by atoms with van der Waals surface area (Å²) in [6, 6.07) is 5.78. The smallest absolute Gasteiger partial charge is 0.267 e. The molecule has 8 heteroatoms. The number of fused-ring (bicyclic) bond motifs is 1. The van der Waals surface area contributed by atoms with E-state index in [1.165, 1.54) is 11.8 Å². The van der Waals surface area contributed by atoms with Gasteiger partial charge < -0.3 is 9.64 Å². The molecule has 2 saturated heterocycles. The highest BCUT2D eigenvalue weighted by Gasteiger charge is 2.42. The molecule has 2 amide bonds. The minimum Gasteiger partial charge on any atom is -0.376 e. The van der Waals surface area contributed by atoms with Crippen molar-refractivity contribution in [3.63, 3.8) is 0 Å². The van der Waals surface area contributed by atoms with Crippen molar-refractivity contribution in [2.75, 3.05) is 24.6 Å². The average molecular weight is 481 g/mol. The van der Waals surface area contributed by atoms with Crippen LogP contribution in [0.3, 0.4) is 0 Å². The summed E-state index contributed by atoms with van der Waals surface area (Å²) in [7, 11) is 0. The summed E-state index contributed by atoms with van der Waals surface area (Å²) in [6.07, 6.45) is 3.87. The third-order valence-electron chi connectivity index (χ3n) is 5.20. The molecule has 1 aromatic rings. The Balaban J connectivity index is 1.71. The second-order valence-corrected chi connectivity index (χ2v) is 9.65. The number of hydrogen-bond donors (Lipinski definition) is 0. The van der Waals surface area contributed by atoms with Crippen LogP contribution in [0.1, 0.15) is 38.2 Å². The highest BCUT2D eigenvalue weighted by molar-refractivity contribution is 9.10. The molecule has 3 heterocycles. The molecule has 5 nitrogen and oxygen atoms in total. The number of nitrogens with zero attached hydrogens (tertiary/aromatic N) is 2. The molecule has 1 unspecified atom stereocenters. The van der Waals surface area contributed by atoms with E-state index in [0.717, 1.165) is 48.0 Å². The van der Waals surface area contributed by atoms with E-state index in [9.17, 15) is 9.59 Å². The third kappa shape index (κ3) is 3.56. The number of amides is 2. The van der Waals surface area contributed by atoms with Crippen LogP contribution in [0.15, 0.2) is 27.6 Å². The molecule has 148 valence electrons. The van der Waals surface area contributed by atoms with Crippen LogP contribution in [-0.4, -0.2) is 46.8 Å². The van der Waals surface area contributed by atoms with E-state index in [2.05, 4.69) is 22.9 Å². The SMILES string of the molecule is CCCCN1C(=O)/C(=C2\SC(=S)N(CC3CCCO3)C2=O)c2cc(Br)ccc21. The highest BCUT2D eigenvalue weighted by atomic mass is 79.9. The lowest BCUT2D eigenvalue weighted by atomic mass is 10.1. The molecular formula is C20H21BrN2O3S2. The van der Waals surface area contributed by atoms with Crippen LogP contribution < -0.4 is 4.90 Å². The Morgan fingerprint density at radius 1 is 1.29 bits per heavy atom. The van der Waals surface area contributed by atoms with Gasteiger partial charge in [0.15, 0.2) is 0 Å². The molecule has 0 aromatic heterocycles. The van der Waals surface area contributed by atoms with Crippen molar-refractivity contribution in [1.29, 1.82) is 0 Å². The van der Waals surface area contributed by atoms with E-state index in [1.807, 2.05) is 18.2 Å². The van der Waals surface area contributed by atoms with E-state index >= 15 is 0 Å². The van der Waals surface area contributed by atoms with Gasteiger partial charge in [0, 0.05) is 23.2 Å². The van der Waals surface area contributed by atoms with Crippen molar-refractivity contribution in [2.24, 2.45) is 0 Å². The Kier molecular flexibility index (Phi) is 5.92. The van der Waals surface area contributed by atoms with Gasteiger partial charge in [0.25, 0.3) is 11.8 Å². The van der Waals surface area contributed by atoms with Gasteiger partial charge in [-0.3, -0.25) is 14.5 Å². The molecule has 1 aromatic carbocycles.